The van der Waals surface area contributed by atoms with E-state index in [1.54, 1.807) is 25.2 Å². The number of benzene rings is 1. The van der Waals surface area contributed by atoms with E-state index in [-0.39, 0.29) is 6.03 Å². The Morgan fingerprint density at radius 1 is 1.25 bits per heavy atom. The van der Waals surface area contributed by atoms with Gasteiger partial charge in [0.2, 0.25) is 0 Å². The third-order valence-electron chi connectivity index (χ3n) is 3.65. The lowest BCUT2D eigenvalue weighted by Gasteiger charge is -2.18. The second-order valence-corrected chi connectivity index (χ2v) is 6.07. The van der Waals surface area contributed by atoms with Crippen molar-refractivity contribution >= 4 is 45.3 Å². The van der Waals surface area contributed by atoms with E-state index in [9.17, 15) is 9.59 Å². The maximum absolute atomic E-state index is 11.8. The van der Waals surface area contributed by atoms with Crippen LogP contribution in [0.15, 0.2) is 28.7 Å². The van der Waals surface area contributed by atoms with Gasteiger partial charge in [-0.25, -0.2) is 14.3 Å². The number of ether oxygens (including phenoxy) is 1. The van der Waals surface area contributed by atoms with Crippen LogP contribution in [0.2, 0.25) is 0 Å². The zero-order chi connectivity index (χ0) is 17.3. The van der Waals surface area contributed by atoms with Gasteiger partial charge in [0, 0.05) is 29.8 Å². The molecule has 24 heavy (non-hydrogen) atoms. The van der Waals surface area contributed by atoms with Crippen LogP contribution in [0.5, 0.6) is 0 Å². The van der Waals surface area contributed by atoms with Crippen molar-refractivity contribution in [3.63, 3.8) is 0 Å². The van der Waals surface area contributed by atoms with Crippen LogP contribution in [0.1, 0.15) is 10.4 Å². The van der Waals surface area contributed by atoms with Crippen molar-refractivity contribution in [2.45, 2.75) is 6.54 Å². The number of halogens is 1. The van der Waals surface area contributed by atoms with Gasteiger partial charge < -0.3 is 15.0 Å². The molecule has 0 aliphatic carbocycles. The Morgan fingerprint density at radius 2 is 2.04 bits per heavy atom. The van der Waals surface area contributed by atoms with Crippen molar-refractivity contribution in [3.05, 3.63) is 34.3 Å². The minimum absolute atomic E-state index is 0.325. The molecule has 1 aliphatic rings. The first-order valence-electron chi connectivity index (χ1n) is 7.25. The van der Waals surface area contributed by atoms with E-state index < -0.39 is 5.97 Å². The normalized spacial score (nSPS) is 12.7. The van der Waals surface area contributed by atoms with Crippen LogP contribution in [-0.2, 0) is 11.3 Å². The number of urea groups is 1. The van der Waals surface area contributed by atoms with Crippen molar-refractivity contribution in [2.24, 2.45) is 0 Å². The molecule has 0 unspecified atom stereocenters. The summed E-state index contributed by atoms with van der Waals surface area (Å²) in [5.41, 5.74) is 1.30. The van der Waals surface area contributed by atoms with Gasteiger partial charge in [-0.1, -0.05) is 15.9 Å². The van der Waals surface area contributed by atoms with Crippen molar-refractivity contribution < 1.29 is 14.3 Å². The summed E-state index contributed by atoms with van der Waals surface area (Å²) >= 11 is 3.42. The summed E-state index contributed by atoms with van der Waals surface area (Å²) in [5, 5.41) is 9.49. The van der Waals surface area contributed by atoms with Crippen LogP contribution in [0.3, 0.4) is 0 Å². The number of esters is 1. The number of carbonyl (C=O) groups is 2. The molecule has 0 saturated heterocycles. The summed E-state index contributed by atoms with van der Waals surface area (Å²) in [4.78, 5) is 25.2. The fraction of sp³-hybridized carbons (Fsp3) is 0.267. The molecule has 2 aromatic rings. The Hall–Kier alpha value is -2.55. The first-order valence-corrected chi connectivity index (χ1v) is 8.04. The van der Waals surface area contributed by atoms with Gasteiger partial charge in [-0.3, -0.25) is 5.32 Å². The highest BCUT2D eigenvalue weighted by molar-refractivity contribution is 9.10. The molecule has 9 heteroatoms. The van der Waals surface area contributed by atoms with E-state index in [2.05, 4.69) is 31.7 Å². The third-order valence-corrected chi connectivity index (χ3v) is 4.11. The van der Waals surface area contributed by atoms with E-state index in [1.165, 1.54) is 7.11 Å². The van der Waals surface area contributed by atoms with Crippen molar-refractivity contribution in [2.75, 3.05) is 30.9 Å². The molecule has 1 aromatic heterocycles. The van der Waals surface area contributed by atoms with Gasteiger partial charge in [-0.2, -0.15) is 5.10 Å². The number of aromatic nitrogens is 2. The summed E-state index contributed by atoms with van der Waals surface area (Å²) < 4.78 is 7.38. The Kier molecular flexibility index (Phi) is 4.43. The Labute approximate surface area is 146 Å². The number of anilines is 3. The lowest BCUT2D eigenvalue weighted by molar-refractivity contribution is 0.0600. The maximum Gasteiger partial charge on any atom is 0.337 e. The average Bonchev–Trinajstić information content (AvgIpc) is 3.13. The van der Waals surface area contributed by atoms with Crippen LogP contribution in [-0.4, -0.2) is 42.5 Å². The quantitative estimate of drug-likeness (QED) is 0.781. The number of nitrogens with zero attached hydrogens (tertiary/aromatic N) is 3. The molecule has 8 nitrogen and oxygen atoms in total. The number of hydrogen-bond donors (Lipinski definition) is 2. The fourth-order valence-corrected chi connectivity index (χ4v) is 3.05. The largest absolute Gasteiger partial charge is 0.465 e. The maximum atomic E-state index is 11.8. The first-order chi connectivity index (χ1) is 11.5. The van der Waals surface area contributed by atoms with Crippen molar-refractivity contribution in [3.8, 4) is 0 Å². The van der Waals surface area contributed by atoms with E-state index >= 15 is 0 Å². The monoisotopic (exact) mass is 393 g/mol. The zero-order valence-electron chi connectivity index (χ0n) is 13.2. The standard InChI is InChI=1S/C15H16BrN5O3/c1-17-15(23)18-12-8-13-20(3-4-21(13)19-12)11-6-9(14(22)24-2)5-10(16)7-11/h5-8H,3-4H2,1-2H3,(H2,17,18,19,23). The predicted octanol–water partition coefficient (Wildman–Crippen LogP) is 2.34. The molecule has 2 N–H and O–H groups in total. The predicted molar refractivity (Wildman–Crippen MR) is 92.8 cm³/mol. The molecule has 3 rings (SSSR count). The van der Waals surface area contributed by atoms with Crippen LogP contribution < -0.4 is 15.5 Å². The number of hydrogen-bond acceptors (Lipinski definition) is 5. The van der Waals surface area contributed by atoms with Gasteiger partial charge >= 0.3 is 12.0 Å². The molecule has 2 amide bonds. The average molecular weight is 394 g/mol. The molecular formula is C15H16BrN5O3. The van der Waals surface area contributed by atoms with Gasteiger partial charge in [-0.15, -0.1) is 0 Å². The Bertz CT molecular complexity index is 804. The van der Waals surface area contributed by atoms with Gasteiger partial charge in [-0.05, 0) is 18.2 Å². The number of methoxy groups -OCH3 is 1. The van der Waals surface area contributed by atoms with E-state index in [1.807, 2.05) is 15.6 Å². The minimum Gasteiger partial charge on any atom is -0.465 e. The van der Waals surface area contributed by atoms with Gasteiger partial charge in [0.1, 0.15) is 5.82 Å². The SMILES string of the molecule is CNC(=O)Nc1cc2n(n1)CCN2c1cc(Br)cc(C(=O)OC)c1. The molecule has 1 aliphatic heterocycles. The lowest BCUT2D eigenvalue weighted by Crippen LogP contribution is -2.24. The number of carbonyl (C=O) groups excluding carboxylic acids is 2. The summed E-state index contributed by atoms with van der Waals surface area (Å²) in [6, 6.07) is 6.86. The molecule has 0 saturated carbocycles. The van der Waals surface area contributed by atoms with Gasteiger partial charge in [0.05, 0.1) is 19.2 Å². The van der Waals surface area contributed by atoms with Gasteiger partial charge in [0.15, 0.2) is 5.82 Å². The first kappa shape index (κ1) is 16.3. The van der Waals surface area contributed by atoms with Gasteiger partial charge in [0.25, 0.3) is 0 Å². The molecular weight excluding hydrogens is 378 g/mol. The van der Waals surface area contributed by atoms with Crippen molar-refractivity contribution in [1.29, 1.82) is 0 Å². The Balaban J connectivity index is 1.92. The number of rotatable bonds is 3. The molecule has 126 valence electrons. The lowest BCUT2D eigenvalue weighted by atomic mass is 10.2. The molecule has 0 fully saturated rings. The highest BCUT2D eigenvalue weighted by atomic mass is 79.9. The van der Waals surface area contributed by atoms with E-state index in [0.717, 1.165) is 22.5 Å². The summed E-state index contributed by atoms with van der Waals surface area (Å²) in [6.07, 6.45) is 0. The highest BCUT2D eigenvalue weighted by Crippen LogP contribution is 2.34. The zero-order valence-corrected chi connectivity index (χ0v) is 14.8. The van der Waals surface area contributed by atoms with E-state index in [0.29, 0.717) is 17.9 Å². The van der Waals surface area contributed by atoms with Crippen LogP contribution in [0, 0.1) is 0 Å². The minimum atomic E-state index is -0.396. The third kappa shape index (κ3) is 3.07. The molecule has 0 bridgehead atoms. The molecule has 0 radical (unpaired) electrons. The summed E-state index contributed by atoms with van der Waals surface area (Å²) in [5.74, 6) is 0.916. The van der Waals surface area contributed by atoms with Crippen LogP contribution in [0.25, 0.3) is 0 Å². The Morgan fingerprint density at radius 3 is 2.75 bits per heavy atom. The fourth-order valence-electron chi connectivity index (χ4n) is 2.56. The number of fused-ring (bicyclic) bond motifs is 1. The van der Waals surface area contributed by atoms with E-state index in [4.69, 9.17) is 4.74 Å². The summed E-state index contributed by atoms with van der Waals surface area (Å²) in [7, 11) is 2.89. The molecule has 1 aromatic carbocycles. The molecule has 2 heterocycles. The molecule has 0 spiro atoms. The molecule has 0 atom stereocenters. The van der Waals surface area contributed by atoms with Crippen LogP contribution >= 0.6 is 15.9 Å². The second-order valence-electron chi connectivity index (χ2n) is 5.16. The number of nitrogens with one attached hydrogen (secondary N) is 2. The number of amides is 2. The topological polar surface area (TPSA) is 88.5 Å². The highest BCUT2D eigenvalue weighted by Gasteiger charge is 2.24. The second kappa shape index (κ2) is 6.52. The summed E-state index contributed by atoms with van der Waals surface area (Å²) in [6.45, 7) is 1.41. The smallest absolute Gasteiger partial charge is 0.337 e. The van der Waals surface area contributed by atoms with Crippen LogP contribution in [0.4, 0.5) is 22.1 Å². The van der Waals surface area contributed by atoms with Crippen molar-refractivity contribution in [1.82, 2.24) is 15.1 Å².